The lowest BCUT2D eigenvalue weighted by Crippen LogP contribution is -1.85. The van der Waals surface area contributed by atoms with Crippen LogP contribution in [0.3, 0.4) is 0 Å². The number of hydrogen-bond donors (Lipinski definition) is 0. The summed E-state index contributed by atoms with van der Waals surface area (Å²) in [6.07, 6.45) is 0. The second kappa shape index (κ2) is 3.08. The van der Waals surface area contributed by atoms with E-state index < -0.39 is 15.7 Å². The van der Waals surface area contributed by atoms with Crippen LogP contribution < -0.4 is 0 Å². The smallest absolute Gasteiger partial charge is 0.245 e. The second-order valence-corrected chi connectivity index (χ2v) is 5.38. The highest BCUT2D eigenvalue weighted by atomic mass is 35.7. The van der Waals surface area contributed by atoms with Crippen LogP contribution in [-0.4, -0.2) is 8.42 Å². The summed E-state index contributed by atoms with van der Waals surface area (Å²) in [5, 5.41) is 1.32. The van der Waals surface area contributed by atoms with Crippen molar-refractivity contribution in [2.24, 2.45) is 0 Å². The number of alkyl halides is 1. The Morgan fingerprint density at radius 2 is 2.27 bits per heavy atom. The van der Waals surface area contributed by atoms with Crippen LogP contribution in [0.4, 0.5) is 4.39 Å². The Kier molecular flexibility index (Phi) is 2.51. The summed E-state index contributed by atoms with van der Waals surface area (Å²) in [4.78, 5) is 0.334. The molecule has 0 aliphatic heterocycles. The topological polar surface area (TPSA) is 34.1 Å². The molecule has 0 aliphatic rings. The van der Waals surface area contributed by atoms with E-state index in [0.717, 1.165) is 11.3 Å². The van der Waals surface area contributed by atoms with Gasteiger partial charge in [0.05, 0.1) is 4.90 Å². The molecule has 1 rings (SSSR count). The van der Waals surface area contributed by atoms with E-state index >= 15 is 0 Å². The van der Waals surface area contributed by atoms with Gasteiger partial charge < -0.3 is 0 Å². The van der Waals surface area contributed by atoms with E-state index in [1.54, 1.807) is 0 Å². The third kappa shape index (κ3) is 2.15. The van der Waals surface area contributed by atoms with E-state index in [-0.39, 0.29) is 4.90 Å². The van der Waals surface area contributed by atoms with E-state index in [2.05, 4.69) is 0 Å². The van der Waals surface area contributed by atoms with Gasteiger partial charge in [0, 0.05) is 20.9 Å². The van der Waals surface area contributed by atoms with Crippen molar-refractivity contribution in [3.8, 4) is 0 Å². The molecule has 1 aromatic rings. The van der Waals surface area contributed by atoms with E-state index in [9.17, 15) is 12.8 Å². The van der Waals surface area contributed by atoms with Crippen LogP contribution in [0.1, 0.15) is 4.88 Å². The van der Waals surface area contributed by atoms with Gasteiger partial charge in [0.25, 0.3) is 9.05 Å². The second-order valence-electron chi connectivity index (χ2n) is 1.82. The standard InChI is InChI=1S/C5H4ClFO2S2/c6-11(8,9)5-1-4(2-7)10-3-5/h1,3H,2H2. The fourth-order valence-corrected chi connectivity index (χ4v) is 2.57. The molecule has 0 spiro atoms. The van der Waals surface area contributed by atoms with Crippen LogP contribution in [-0.2, 0) is 15.7 Å². The molecule has 0 amide bonds. The molecule has 0 saturated carbocycles. The summed E-state index contributed by atoms with van der Waals surface area (Å²) >= 11 is 1.04. The predicted octanol–water partition coefficient (Wildman–Crippen LogP) is 2.15. The zero-order valence-corrected chi connectivity index (χ0v) is 7.64. The fourth-order valence-electron chi connectivity index (χ4n) is 0.558. The molecule has 0 N–H and O–H groups in total. The summed E-state index contributed by atoms with van der Waals surface area (Å²) in [6.45, 7) is -0.656. The molecule has 2 nitrogen and oxygen atoms in total. The fraction of sp³-hybridized carbons (Fsp3) is 0.200. The Morgan fingerprint density at radius 1 is 1.64 bits per heavy atom. The molecule has 62 valence electrons. The minimum Gasteiger partial charge on any atom is -0.245 e. The molecule has 0 saturated heterocycles. The summed E-state index contributed by atoms with van der Waals surface area (Å²) in [7, 11) is 1.31. The SMILES string of the molecule is O=S(=O)(Cl)c1csc(CF)c1. The lowest BCUT2D eigenvalue weighted by atomic mass is 10.5. The average molecular weight is 215 g/mol. The van der Waals surface area contributed by atoms with Gasteiger partial charge in [0.1, 0.15) is 6.67 Å². The highest BCUT2D eigenvalue weighted by Crippen LogP contribution is 2.22. The van der Waals surface area contributed by atoms with Crippen LogP contribution in [0, 0.1) is 0 Å². The molecule has 6 heteroatoms. The van der Waals surface area contributed by atoms with Gasteiger partial charge in [0.15, 0.2) is 0 Å². The highest BCUT2D eigenvalue weighted by molar-refractivity contribution is 8.13. The molecular weight excluding hydrogens is 211 g/mol. The summed E-state index contributed by atoms with van der Waals surface area (Å²) in [5.74, 6) is 0. The van der Waals surface area contributed by atoms with Gasteiger partial charge in [-0.1, -0.05) is 0 Å². The van der Waals surface area contributed by atoms with Crippen LogP contribution in [0.5, 0.6) is 0 Å². The van der Waals surface area contributed by atoms with Crippen LogP contribution in [0.25, 0.3) is 0 Å². The first-order valence-electron chi connectivity index (χ1n) is 2.62. The number of hydrogen-bond acceptors (Lipinski definition) is 3. The molecule has 0 bridgehead atoms. The van der Waals surface area contributed by atoms with Crippen molar-refractivity contribution in [3.63, 3.8) is 0 Å². The third-order valence-electron chi connectivity index (χ3n) is 1.04. The molecule has 0 aliphatic carbocycles. The van der Waals surface area contributed by atoms with Crippen molar-refractivity contribution >= 4 is 31.1 Å². The Labute approximate surface area is 72.0 Å². The highest BCUT2D eigenvalue weighted by Gasteiger charge is 2.11. The molecule has 0 radical (unpaired) electrons. The van der Waals surface area contributed by atoms with E-state index in [0.29, 0.717) is 4.88 Å². The maximum absolute atomic E-state index is 11.9. The van der Waals surface area contributed by atoms with Crippen LogP contribution >= 0.6 is 22.0 Å². The largest absolute Gasteiger partial charge is 0.262 e. The van der Waals surface area contributed by atoms with E-state index in [1.807, 2.05) is 0 Å². The van der Waals surface area contributed by atoms with Crippen LogP contribution in [0.2, 0.25) is 0 Å². The van der Waals surface area contributed by atoms with Crippen LogP contribution in [0.15, 0.2) is 16.3 Å². The monoisotopic (exact) mass is 214 g/mol. The predicted molar refractivity (Wildman–Crippen MR) is 42.2 cm³/mol. The summed E-state index contributed by atoms with van der Waals surface area (Å²) < 4.78 is 33.1. The number of rotatable bonds is 2. The third-order valence-corrected chi connectivity index (χ3v) is 3.43. The van der Waals surface area contributed by atoms with Crippen molar-refractivity contribution in [3.05, 3.63) is 16.3 Å². The van der Waals surface area contributed by atoms with Gasteiger partial charge in [-0.25, -0.2) is 12.8 Å². The lowest BCUT2D eigenvalue weighted by Gasteiger charge is -1.84. The molecule has 0 fully saturated rings. The Balaban J connectivity index is 3.09. The normalized spacial score (nSPS) is 11.8. The Hall–Kier alpha value is -0.130. The molecular formula is C5H4ClFO2S2. The first-order valence-corrected chi connectivity index (χ1v) is 5.81. The average Bonchev–Trinajstić information content (AvgIpc) is 2.32. The molecule has 11 heavy (non-hydrogen) atoms. The van der Waals surface area contributed by atoms with Gasteiger partial charge >= 0.3 is 0 Å². The first-order chi connectivity index (χ1) is 5.04. The Morgan fingerprint density at radius 3 is 2.55 bits per heavy atom. The molecule has 1 aromatic heterocycles. The number of thiophene rings is 1. The molecule has 0 unspecified atom stereocenters. The zero-order valence-electron chi connectivity index (χ0n) is 5.25. The van der Waals surface area contributed by atoms with E-state index in [4.69, 9.17) is 10.7 Å². The molecule has 1 heterocycles. The number of halogens is 2. The quantitative estimate of drug-likeness (QED) is 0.707. The zero-order chi connectivity index (χ0) is 8.48. The maximum atomic E-state index is 11.9. The molecule has 0 aromatic carbocycles. The van der Waals surface area contributed by atoms with Gasteiger partial charge in [-0.3, -0.25) is 0 Å². The maximum Gasteiger partial charge on any atom is 0.262 e. The van der Waals surface area contributed by atoms with Gasteiger partial charge in [-0.2, -0.15) is 0 Å². The van der Waals surface area contributed by atoms with Crippen molar-refractivity contribution in [2.75, 3.05) is 0 Å². The van der Waals surface area contributed by atoms with Gasteiger partial charge in [0.2, 0.25) is 0 Å². The van der Waals surface area contributed by atoms with Crippen molar-refractivity contribution in [1.82, 2.24) is 0 Å². The summed E-state index contributed by atoms with van der Waals surface area (Å²) in [6, 6.07) is 1.23. The first kappa shape index (κ1) is 8.96. The minimum absolute atomic E-state index is 0.0307. The van der Waals surface area contributed by atoms with Crippen molar-refractivity contribution in [2.45, 2.75) is 11.6 Å². The van der Waals surface area contributed by atoms with E-state index in [1.165, 1.54) is 11.4 Å². The minimum atomic E-state index is -3.68. The van der Waals surface area contributed by atoms with Crippen molar-refractivity contribution in [1.29, 1.82) is 0 Å². The van der Waals surface area contributed by atoms with Gasteiger partial charge in [-0.05, 0) is 6.07 Å². The Bertz CT molecular complexity index is 343. The van der Waals surface area contributed by atoms with Crippen molar-refractivity contribution < 1.29 is 12.8 Å². The summed E-state index contributed by atoms with van der Waals surface area (Å²) in [5.41, 5.74) is 0. The lowest BCUT2D eigenvalue weighted by molar-refractivity contribution is 0.491. The van der Waals surface area contributed by atoms with Gasteiger partial charge in [-0.15, -0.1) is 11.3 Å². The molecule has 0 atom stereocenters.